The number of carbonyl (C=O) groups is 1. The van der Waals surface area contributed by atoms with Crippen molar-refractivity contribution in [2.45, 2.75) is 49.0 Å². The second-order valence-electron chi connectivity index (χ2n) is 8.92. The third-order valence-electron chi connectivity index (χ3n) is 8.21. The number of epoxide rings is 1. The van der Waals surface area contributed by atoms with Gasteiger partial charge in [0.15, 0.2) is 5.72 Å². The van der Waals surface area contributed by atoms with Crippen LogP contribution in [0.15, 0.2) is 30.4 Å². The highest BCUT2D eigenvalue weighted by Gasteiger charge is 2.92. The molecule has 0 amide bonds. The molecule has 6 nitrogen and oxygen atoms in total. The van der Waals surface area contributed by atoms with Gasteiger partial charge in [-0.2, -0.15) is 0 Å². The van der Waals surface area contributed by atoms with E-state index in [9.17, 15) is 4.79 Å². The predicted molar refractivity (Wildman–Crippen MR) is 103 cm³/mol. The minimum absolute atomic E-state index is 0.105. The highest BCUT2D eigenvalue weighted by atomic mass is 16.7. The van der Waals surface area contributed by atoms with Crippen LogP contribution < -0.4 is 10.1 Å². The molecule has 5 aliphatic rings. The van der Waals surface area contributed by atoms with Crippen LogP contribution in [0.4, 0.5) is 5.69 Å². The monoisotopic (exact) mass is 382 g/mol. The lowest BCUT2D eigenvalue weighted by atomic mass is 9.51. The quantitative estimate of drug-likeness (QED) is 0.492. The number of nitrogens with zero attached hydrogens (tertiary/aromatic N) is 1. The number of benzene rings is 1. The number of rotatable bonds is 3. The Bertz CT molecular complexity index is 931. The predicted octanol–water partition coefficient (Wildman–Crippen LogP) is 2.44. The molecule has 1 aromatic rings. The molecular weight excluding hydrogens is 356 g/mol. The lowest BCUT2D eigenvalue weighted by Crippen LogP contribution is -2.68. The van der Waals surface area contributed by atoms with Crippen molar-refractivity contribution < 1.29 is 19.0 Å². The molecule has 28 heavy (non-hydrogen) atoms. The highest BCUT2D eigenvalue weighted by Crippen LogP contribution is 2.77. The van der Waals surface area contributed by atoms with Gasteiger partial charge in [-0.25, -0.2) is 4.79 Å². The van der Waals surface area contributed by atoms with E-state index in [1.807, 2.05) is 12.1 Å². The summed E-state index contributed by atoms with van der Waals surface area (Å²) in [5.41, 5.74) is 0.213. The molecule has 6 rings (SSSR count). The molecule has 4 aliphatic heterocycles. The van der Waals surface area contributed by atoms with Gasteiger partial charge >= 0.3 is 5.97 Å². The Morgan fingerprint density at radius 3 is 3.00 bits per heavy atom. The van der Waals surface area contributed by atoms with Gasteiger partial charge in [0.2, 0.25) is 5.60 Å². The molecule has 1 N–H and O–H groups in total. The molecule has 2 unspecified atom stereocenters. The fourth-order valence-electron chi connectivity index (χ4n) is 7.20. The molecule has 3 fully saturated rings. The van der Waals surface area contributed by atoms with E-state index >= 15 is 0 Å². The van der Waals surface area contributed by atoms with E-state index < -0.39 is 11.3 Å². The van der Waals surface area contributed by atoms with Gasteiger partial charge in [0.1, 0.15) is 5.75 Å². The normalized spacial score (nSPS) is 44.0. The van der Waals surface area contributed by atoms with Crippen molar-refractivity contribution >= 4 is 11.7 Å². The standard InChI is InChI=1S/C22H26N2O4/c1-4-19-8-5-10-24-11-9-20(17(19)24)15-7-6-14(26-2)12-16(15)23-22(20)21(13-19,28-22)18(25)27-3/h5-8,12,17,23H,4,9-11,13H2,1-3H3/t17-,19-,20+,21?,22?/m0/s1. The van der Waals surface area contributed by atoms with Crippen LogP contribution in [0, 0.1) is 5.41 Å². The fourth-order valence-corrected chi connectivity index (χ4v) is 7.20. The van der Waals surface area contributed by atoms with Gasteiger partial charge in [0, 0.05) is 36.2 Å². The van der Waals surface area contributed by atoms with Gasteiger partial charge in [-0.1, -0.05) is 25.1 Å². The van der Waals surface area contributed by atoms with Crippen LogP contribution in [-0.4, -0.2) is 55.5 Å². The molecule has 0 radical (unpaired) electrons. The highest BCUT2D eigenvalue weighted by molar-refractivity contribution is 5.90. The first-order chi connectivity index (χ1) is 13.5. The Balaban J connectivity index is 1.64. The van der Waals surface area contributed by atoms with Crippen molar-refractivity contribution in [3.05, 3.63) is 35.9 Å². The Hall–Kier alpha value is -2.05. The van der Waals surface area contributed by atoms with Crippen molar-refractivity contribution in [3.8, 4) is 5.75 Å². The molecular formula is C22H26N2O4. The van der Waals surface area contributed by atoms with Crippen LogP contribution in [-0.2, 0) is 19.7 Å². The fraction of sp³-hybridized carbons (Fsp3) is 0.591. The molecule has 2 saturated heterocycles. The topological polar surface area (TPSA) is 63.3 Å². The van der Waals surface area contributed by atoms with Gasteiger partial charge in [0.25, 0.3) is 0 Å². The van der Waals surface area contributed by atoms with Crippen LogP contribution >= 0.6 is 0 Å². The first kappa shape index (κ1) is 16.9. The van der Waals surface area contributed by atoms with Crippen LogP contribution in [0.25, 0.3) is 0 Å². The number of ether oxygens (including phenoxy) is 3. The SMILES string of the molecule is CC[C@]12C=CCN3CC[C@@]4(c5ccc(OC)cc5NC45OC5(C(=O)OC)C1)[C@@H]32. The zero-order valence-corrected chi connectivity index (χ0v) is 16.6. The molecule has 1 aliphatic carbocycles. The lowest BCUT2D eigenvalue weighted by Gasteiger charge is -2.55. The Labute approximate surface area is 164 Å². The first-order valence-electron chi connectivity index (χ1n) is 10.2. The summed E-state index contributed by atoms with van der Waals surface area (Å²) in [5.74, 6) is 0.546. The smallest absolute Gasteiger partial charge is 0.343 e. The molecule has 148 valence electrons. The summed E-state index contributed by atoms with van der Waals surface area (Å²) in [7, 11) is 3.14. The van der Waals surface area contributed by atoms with E-state index in [2.05, 4.69) is 35.4 Å². The van der Waals surface area contributed by atoms with E-state index in [1.54, 1.807) is 7.11 Å². The number of carbonyl (C=O) groups excluding carboxylic acids is 1. The van der Waals surface area contributed by atoms with Gasteiger partial charge in [-0.15, -0.1) is 0 Å². The van der Waals surface area contributed by atoms with Crippen LogP contribution in [0.2, 0.25) is 0 Å². The Morgan fingerprint density at radius 2 is 2.25 bits per heavy atom. The largest absolute Gasteiger partial charge is 0.497 e. The van der Waals surface area contributed by atoms with Crippen molar-refractivity contribution in [1.82, 2.24) is 4.90 Å². The summed E-state index contributed by atoms with van der Waals surface area (Å²) in [6.45, 7) is 4.20. The van der Waals surface area contributed by atoms with Crippen LogP contribution in [0.5, 0.6) is 5.75 Å². The number of esters is 1. The van der Waals surface area contributed by atoms with Gasteiger partial charge < -0.3 is 19.5 Å². The number of nitrogens with one attached hydrogen (secondary N) is 1. The van der Waals surface area contributed by atoms with Crippen molar-refractivity contribution in [1.29, 1.82) is 0 Å². The Morgan fingerprint density at radius 1 is 1.39 bits per heavy atom. The van der Waals surface area contributed by atoms with Crippen LogP contribution in [0.3, 0.4) is 0 Å². The minimum atomic E-state index is -0.946. The number of fused-ring (bicyclic) bond motifs is 1. The third kappa shape index (κ3) is 1.49. The summed E-state index contributed by atoms with van der Waals surface area (Å²) in [6, 6.07) is 6.54. The summed E-state index contributed by atoms with van der Waals surface area (Å²) in [5, 5.41) is 3.66. The van der Waals surface area contributed by atoms with Gasteiger partial charge in [-0.3, -0.25) is 4.90 Å². The Kier molecular flexibility index (Phi) is 2.96. The summed E-state index contributed by atoms with van der Waals surface area (Å²) in [6.07, 6.45) is 7.22. The third-order valence-corrected chi connectivity index (χ3v) is 8.21. The molecule has 1 saturated carbocycles. The van der Waals surface area contributed by atoms with Crippen molar-refractivity contribution in [2.75, 3.05) is 32.6 Å². The van der Waals surface area contributed by atoms with Crippen molar-refractivity contribution in [3.63, 3.8) is 0 Å². The number of hydrogen-bond donors (Lipinski definition) is 1. The lowest BCUT2D eigenvalue weighted by molar-refractivity contribution is -0.149. The first-order valence-corrected chi connectivity index (χ1v) is 10.2. The maximum absolute atomic E-state index is 13.1. The second kappa shape index (κ2) is 4.92. The van der Waals surface area contributed by atoms with Gasteiger partial charge in [0.05, 0.1) is 19.6 Å². The maximum atomic E-state index is 13.1. The second-order valence-corrected chi connectivity index (χ2v) is 8.92. The molecule has 6 heteroatoms. The molecule has 1 aromatic carbocycles. The zero-order valence-electron chi connectivity index (χ0n) is 16.6. The summed E-state index contributed by atoms with van der Waals surface area (Å²) >= 11 is 0. The van der Waals surface area contributed by atoms with E-state index in [0.717, 1.165) is 37.4 Å². The molecule has 0 bridgehead atoms. The number of hydrogen-bond acceptors (Lipinski definition) is 6. The average molecular weight is 382 g/mol. The van der Waals surface area contributed by atoms with E-state index in [4.69, 9.17) is 14.2 Å². The van der Waals surface area contributed by atoms with E-state index in [-0.39, 0.29) is 16.8 Å². The molecule has 5 atom stereocenters. The molecule has 2 spiro atoms. The molecule has 0 aromatic heterocycles. The van der Waals surface area contributed by atoms with E-state index in [0.29, 0.717) is 12.5 Å². The average Bonchev–Trinajstić information content (AvgIpc) is 3.07. The van der Waals surface area contributed by atoms with Gasteiger partial charge in [-0.05, 0) is 31.0 Å². The maximum Gasteiger partial charge on any atom is 0.343 e. The van der Waals surface area contributed by atoms with Crippen molar-refractivity contribution in [2.24, 2.45) is 5.41 Å². The number of methoxy groups -OCH3 is 2. The zero-order chi connectivity index (χ0) is 19.4. The summed E-state index contributed by atoms with van der Waals surface area (Å²) in [4.78, 5) is 15.7. The number of anilines is 1. The molecule has 4 heterocycles. The van der Waals surface area contributed by atoms with E-state index in [1.165, 1.54) is 12.7 Å². The van der Waals surface area contributed by atoms with Crippen LogP contribution in [0.1, 0.15) is 31.7 Å². The minimum Gasteiger partial charge on any atom is -0.497 e. The summed E-state index contributed by atoms with van der Waals surface area (Å²) < 4.78 is 17.3.